The number of benzene rings is 1. The molecule has 1 rings (SSSR count). The van der Waals surface area contributed by atoms with Gasteiger partial charge in [0.05, 0.1) is 6.54 Å². The van der Waals surface area contributed by atoms with E-state index in [9.17, 15) is 9.18 Å². The quantitative estimate of drug-likeness (QED) is 0.860. The van der Waals surface area contributed by atoms with E-state index in [0.29, 0.717) is 5.92 Å². The molecule has 2 N–H and O–H groups in total. The molecule has 0 heterocycles. The first kappa shape index (κ1) is 21.6. The third-order valence-electron chi connectivity index (χ3n) is 3.99. The summed E-state index contributed by atoms with van der Waals surface area (Å²) in [6, 6.07) is 3.31. The molecule has 0 spiro atoms. The second kappa shape index (κ2) is 11.2. The molecule has 23 heavy (non-hydrogen) atoms. The van der Waals surface area contributed by atoms with Crippen LogP contribution in [0.1, 0.15) is 50.3 Å². The number of hydrogen-bond acceptors (Lipinski definition) is 2. The lowest BCUT2D eigenvalue weighted by atomic mass is 10.0. The highest BCUT2D eigenvalue weighted by molar-refractivity contribution is 5.77. The standard InChI is InChI=1S/C10H22N2O.C9H11F/c1-4-6-12(10(13)8-11)7-5-9(2)3;1-6-4-5-9(10)8(3)7(6)2/h9H,4-8,11H2,1-3H3;4-5H,1-3H3. The number of hydrogen-bond donors (Lipinski definition) is 1. The lowest BCUT2D eigenvalue weighted by Crippen LogP contribution is -2.37. The number of nitrogens with zero attached hydrogens (tertiary/aromatic N) is 1. The molecule has 0 aliphatic rings. The second-order valence-corrected chi connectivity index (χ2v) is 6.38. The van der Waals surface area contributed by atoms with E-state index >= 15 is 0 Å². The van der Waals surface area contributed by atoms with Gasteiger partial charge in [-0.3, -0.25) is 4.79 Å². The zero-order valence-corrected chi connectivity index (χ0v) is 15.6. The summed E-state index contributed by atoms with van der Waals surface area (Å²) < 4.78 is 12.8. The van der Waals surface area contributed by atoms with Crippen LogP contribution in [0.3, 0.4) is 0 Å². The van der Waals surface area contributed by atoms with Gasteiger partial charge >= 0.3 is 0 Å². The minimum atomic E-state index is -0.108. The molecule has 1 aromatic carbocycles. The third-order valence-corrected chi connectivity index (χ3v) is 3.99. The van der Waals surface area contributed by atoms with Gasteiger partial charge in [0.15, 0.2) is 0 Å². The van der Waals surface area contributed by atoms with E-state index in [1.165, 1.54) is 6.07 Å². The summed E-state index contributed by atoms with van der Waals surface area (Å²) in [5, 5.41) is 0. The minimum absolute atomic E-state index is 0.0718. The van der Waals surface area contributed by atoms with Crippen LogP contribution >= 0.6 is 0 Å². The van der Waals surface area contributed by atoms with E-state index in [-0.39, 0.29) is 18.3 Å². The first-order valence-electron chi connectivity index (χ1n) is 8.44. The number of aryl methyl sites for hydroxylation is 1. The van der Waals surface area contributed by atoms with Crippen molar-refractivity contribution in [2.24, 2.45) is 11.7 Å². The molecule has 0 unspecified atom stereocenters. The number of halogens is 1. The molecule has 0 fully saturated rings. The van der Waals surface area contributed by atoms with Crippen LogP contribution in [0, 0.1) is 32.5 Å². The van der Waals surface area contributed by atoms with Crippen LogP contribution in [0.5, 0.6) is 0 Å². The molecule has 1 amide bonds. The molecule has 1 aromatic rings. The fraction of sp³-hybridized carbons (Fsp3) is 0.632. The van der Waals surface area contributed by atoms with Crippen molar-refractivity contribution in [3.63, 3.8) is 0 Å². The minimum Gasteiger partial charge on any atom is -0.342 e. The summed E-state index contributed by atoms with van der Waals surface area (Å²) >= 11 is 0. The van der Waals surface area contributed by atoms with Crippen molar-refractivity contribution in [1.29, 1.82) is 0 Å². The van der Waals surface area contributed by atoms with E-state index in [2.05, 4.69) is 20.8 Å². The zero-order chi connectivity index (χ0) is 18.0. The Kier molecular flexibility index (Phi) is 10.5. The van der Waals surface area contributed by atoms with Crippen LogP contribution in [-0.4, -0.2) is 30.4 Å². The van der Waals surface area contributed by atoms with Gasteiger partial charge in [-0.05, 0) is 62.3 Å². The second-order valence-electron chi connectivity index (χ2n) is 6.38. The molecule has 3 nitrogen and oxygen atoms in total. The Bertz CT molecular complexity index is 460. The fourth-order valence-corrected chi connectivity index (χ4v) is 2.10. The summed E-state index contributed by atoms with van der Waals surface area (Å²) in [7, 11) is 0. The molecule has 0 saturated carbocycles. The molecule has 0 aliphatic carbocycles. The van der Waals surface area contributed by atoms with Crippen molar-refractivity contribution < 1.29 is 9.18 Å². The van der Waals surface area contributed by atoms with Crippen molar-refractivity contribution in [3.8, 4) is 0 Å². The number of carbonyl (C=O) groups is 1. The van der Waals surface area contributed by atoms with Crippen LogP contribution in [-0.2, 0) is 4.79 Å². The Hall–Kier alpha value is -1.42. The Labute approximate surface area is 141 Å². The van der Waals surface area contributed by atoms with Crippen LogP contribution in [0.4, 0.5) is 4.39 Å². The normalized spacial score (nSPS) is 10.3. The van der Waals surface area contributed by atoms with Crippen molar-refractivity contribution in [2.45, 2.75) is 54.4 Å². The summed E-state index contributed by atoms with van der Waals surface area (Å²) in [6.45, 7) is 14.0. The van der Waals surface area contributed by atoms with Crippen LogP contribution < -0.4 is 5.73 Å². The van der Waals surface area contributed by atoms with Gasteiger partial charge in [0.25, 0.3) is 0 Å². The summed E-state index contributed by atoms with van der Waals surface area (Å²) in [6.07, 6.45) is 2.07. The van der Waals surface area contributed by atoms with Gasteiger partial charge in [0, 0.05) is 13.1 Å². The maximum absolute atomic E-state index is 12.8. The maximum atomic E-state index is 12.8. The van der Waals surface area contributed by atoms with E-state index in [1.54, 1.807) is 13.0 Å². The highest BCUT2D eigenvalue weighted by Gasteiger charge is 2.10. The fourth-order valence-electron chi connectivity index (χ4n) is 2.10. The first-order chi connectivity index (χ1) is 10.7. The highest BCUT2D eigenvalue weighted by Crippen LogP contribution is 2.14. The van der Waals surface area contributed by atoms with E-state index in [0.717, 1.165) is 42.6 Å². The van der Waals surface area contributed by atoms with Crippen molar-refractivity contribution >= 4 is 5.91 Å². The SMILES string of the molecule is CCCN(CCC(C)C)C(=O)CN.Cc1ccc(F)c(C)c1C. The van der Waals surface area contributed by atoms with Crippen molar-refractivity contribution in [3.05, 3.63) is 34.6 Å². The number of rotatable bonds is 6. The first-order valence-corrected chi connectivity index (χ1v) is 8.44. The molecule has 132 valence electrons. The molecule has 0 atom stereocenters. The van der Waals surface area contributed by atoms with Crippen LogP contribution in [0.15, 0.2) is 12.1 Å². The predicted molar refractivity (Wildman–Crippen MR) is 96.0 cm³/mol. The predicted octanol–water partition coefficient (Wildman–Crippen LogP) is 3.98. The summed E-state index contributed by atoms with van der Waals surface area (Å²) in [4.78, 5) is 13.2. The van der Waals surface area contributed by atoms with Gasteiger partial charge in [-0.25, -0.2) is 4.39 Å². The van der Waals surface area contributed by atoms with Crippen molar-refractivity contribution in [1.82, 2.24) is 4.90 Å². The Morgan fingerprint density at radius 3 is 2.22 bits per heavy atom. The average molecular weight is 324 g/mol. The zero-order valence-electron chi connectivity index (χ0n) is 15.6. The Morgan fingerprint density at radius 1 is 1.17 bits per heavy atom. The molecular weight excluding hydrogens is 291 g/mol. The van der Waals surface area contributed by atoms with Gasteiger partial charge in [-0.15, -0.1) is 0 Å². The summed E-state index contributed by atoms with van der Waals surface area (Å²) in [5.74, 6) is 0.607. The van der Waals surface area contributed by atoms with E-state index in [1.807, 2.05) is 18.7 Å². The van der Waals surface area contributed by atoms with Gasteiger partial charge < -0.3 is 10.6 Å². The lowest BCUT2D eigenvalue weighted by molar-refractivity contribution is -0.129. The largest absolute Gasteiger partial charge is 0.342 e. The smallest absolute Gasteiger partial charge is 0.236 e. The molecule has 0 aromatic heterocycles. The highest BCUT2D eigenvalue weighted by atomic mass is 19.1. The number of amides is 1. The molecule has 0 bridgehead atoms. The van der Waals surface area contributed by atoms with Crippen LogP contribution in [0.2, 0.25) is 0 Å². The van der Waals surface area contributed by atoms with Crippen LogP contribution in [0.25, 0.3) is 0 Å². The molecule has 0 saturated heterocycles. The number of carbonyl (C=O) groups excluding carboxylic acids is 1. The molecule has 0 radical (unpaired) electrons. The Morgan fingerprint density at radius 2 is 1.78 bits per heavy atom. The molecular formula is C19H33FN2O. The lowest BCUT2D eigenvalue weighted by Gasteiger charge is -2.22. The topological polar surface area (TPSA) is 46.3 Å². The third kappa shape index (κ3) is 8.12. The molecule has 4 heteroatoms. The van der Waals surface area contributed by atoms with Gasteiger partial charge in [-0.2, -0.15) is 0 Å². The molecule has 0 aliphatic heterocycles. The monoisotopic (exact) mass is 324 g/mol. The van der Waals surface area contributed by atoms with Gasteiger partial charge in [0.2, 0.25) is 5.91 Å². The number of nitrogens with two attached hydrogens (primary N) is 1. The average Bonchev–Trinajstić information content (AvgIpc) is 2.52. The van der Waals surface area contributed by atoms with E-state index < -0.39 is 0 Å². The van der Waals surface area contributed by atoms with Gasteiger partial charge in [-0.1, -0.05) is 26.8 Å². The Balaban J connectivity index is 0.000000433. The van der Waals surface area contributed by atoms with Crippen molar-refractivity contribution in [2.75, 3.05) is 19.6 Å². The van der Waals surface area contributed by atoms with Gasteiger partial charge in [0.1, 0.15) is 5.82 Å². The maximum Gasteiger partial charge on any atom is 0.236 e. The van der Waals surface area contributed by atoms with E-state index in [4.69, 9.17) is 5.73 Å². The summed E-state index contributed by atoms with van der Waals surface area (Å²) in [5.41, 5.74) is 8.29.